The van der Waals surface area contributed by atoms with Crippen molar-refractivity contribution in [1.29, 1.82) is 0 Å². The second-order valence-corrected chi connectivity index (χ2v) is 8.24. The molecule has 0 aliphatic carbocycles. The van der Waals surface area contributed by atoms with Crippen LogP contribution in [0.1, 0.15) is 40.2 Å². The molecule has 0 aromatic heterocycles. The number of halogens is 3. The number of ether oxygens (including phenoxy) is 2. The number of nitrogens with zero attached hydrogens (tertiary/aromatic N) is 2. The van der Waals surface area contributed by atoms with Gasteiger partial charge in [0, 0.05) is 30.8 Å². The van der Waals surface area contributed by atoms with Gasteiger partial charge in [0.2, 0.25) is 0 Å². The Bertz CT molecular complexity index is 847. The molecule has 3 rings (SSSR count). The summed E-state index contributed by atoms with van der Waals surface area (Å²) in [6, 6.07) is 4.66. The largest absolute Gasteiger partial charge is 0.382 e. The summed E-state index contributed by atoms with van der Waals surface area (Å²) in [5.74, 6) is -3.13. The number of fused-ring (bicyclic) bond motifs is 2. The number of benzene rings is 1. The molecule has 2 heterocycles. The van der Waals surface area contributed by atoms with Gasteiger partial charge in [0.25, 0.3) is 5.92 Å². The van der Waals surface area contributed by atoms with Crippen molar-refractivity contribution in [2.24, 2.45) is 4.99 Å². The van der Waals surface area contributed by atoms with Gasteiger partial charge >= 0.3 is 0 Å². The van der Waals surface area contributed by atoms with Gasteiger partial charge in [0.1, 0.15) is 5.41 Å². The molecule has 0 radical (unpaired) electrons. The molecule has 1 N–H and O–H groups in total. The normalized spacial score (nSPS) is 20.3. The van der Waals surface area contributed by atoms with Gasteiger partial charge < -0.3 is 9.47 Å². The third kappa shape index (κ3) is 4.91. The molecular formula is C22H29ClF2N2O3. The highest BCUT2D eigenvalue weighted by molar-refractivity contribution is 6.30. The van der Waals surface area contributed by atoms with E-state index in [9.17, 15) is 5.21 Å². The van der Waals surface area contributed by atoms with Crippen molar-refractivity contribution in [2.45, 2.75) is 58.2 Å². The lowest BCUT2D eigenvalue weighted by molar-refractivity contribution is -0.0881. The minimum atomic E-state index is -3.19. The van der Waals surface area contributed by atoms with Gasteiger partial charge in [-0.1, -0.05) is 17.7 Å². The third-order valence-corrected chi connectivity index (χ3v) is 5.14. The van der Waals surface area contributed by atoms with E-state index in [0.29, 0.717) is 16.8 Å². The van der Waals surface area contributed by atoms with E-state index in [4.69, 9.17) is 21.1 Å². The monoisotopic (exact) mass is 442 g/mol. The topological polar surface area (TPSA) is 54.3 Å². The minimum absolute atomic E-state index is 0.0613. The van der Waals surface area contributed by atoms with Crippen molar-refractivity contribution in [3.8, 4) is 0 Å². The Morgan fingerprint density at radius 1 is 1.23 bits per heavy atom. The smallest absolute Gasteiger partial charge is 0.261 e. The van der Waals surface area contributed by atoms with Crippen LogP contribution in [-0.4, -0.2) is 48.0 Å². The van der Waals surface area contributed by atoms with E-state index in [1.807, 2.05) is 13.8 Å². The van der Waals surface area contributed by atoms with Crippen LogP contribution in [0.4, 0.5) is 14.5 Å². The third-order valence-electron chi connectivity index (χ3n) is 4.91. The fourth-order valence-corrected chi connectivity index (χ4v) is 3.36. The number of hydrogen-bond donors (Lipinski definition) is 1. The maximum Gasteiger partial charge on any atom is 0.261 e. The van der Waals surface area contributed by atoms with E-state index in [2.05, 4.69) is 4.99 Å². The van der Waals surface area contributed by atoms with E-state index < -0.39 is 11.3 Å². The van der Waals surface area contributed by atoms with Crippen LogP contribution in [0.3, 0.4) is 0 Å². The summed E-state index contributed by atoms with van der Waals surface area (Å²) in [7, 11) is 1.70. The van der Waals surface area contributed by atoms with Crippen LogP contribution in [0.15, 0.2) is 47.1 Å². The maximum atomic E-state index is 15.1. The Labute approximate surface area is 181 Å². The highest BCUT2D eigenvalue weighted by Gasteiger charge is 2.58. The molecule has 1 aromatic carbocycles. The summed E-state index contributed by atoms with van der Waals surface area (Å²) in [6.45, 7) is 8.15. The van der Waals surface area contributed by atoms with Crippen molar-refractivity contribution in [1.82, 2.24) is 5.06 Å². The van der Waals surface area contributed by atoms with Gasteiger partial charge in [-0.15, -0.1) is 0 Å². The Hall–Kier alpha value is -1.80. The molecule has 0 saturated heterocycles. The first kappa shape index (κ1) is 24.5. The quantitative estimate of drug-likeness (QED) is 0.618. The van der Waals surface area contributed by atoms with Crippen molar-refractivity contribution < 1.29 is 23.5 Å². The predicted molar refractivity (Wildman–Crippen MR) is 115 cm³/mol. The second-order valence-electron chi connectivity index (χ2n) is 7.80. The molecular weight excluding hydrogens is 414 g/mol. The van der Waals surface area contributed by atoms with Crippen molar-refractivity contribution in [3.63, 3.8) is 0 Å². The van der Waals surface area contributed by atoms with Crippen LogP contribution in [0.25, 0.3) is 0 Å². The molecule has 0 amide bonds. The standard InChI is InChI=1S/C18H19ClF2N2O2.C4H10O/c1-11(2)25-10-18(17(3,20)21)13-5-4-8-23(24)16(13)22-15-7-6-12(19)9-14(15)18;1-4(2)5-3/h4-9,11,24H,10H2,1-3H3;4H,1-3H3/t18-;/m0./s1. The molecule has 2 aliphatic rings. The van der Waals surface area contributed by atoms with Crippen LogP contribution in [-0.2, 0) is 14.9 Å². The van der Waals surface area contributed by atoms with Crippen LogP contribution in [0.5, 0.6) is 0 Å². The minimum Gasteiger partial charge on any atom is -0.382 e. The van der Waals surface area contributed by atoms with Gasteiger partial charge in [0.15, 0.2) is 5.84 Å². The van der Waals surface area contributed by atoms with Crippen LogP contribution < -0.4 is 0 Å². The zero-order chi connectivity index (χ0) is 22.7. The van der Waals surface area contributed by atoms with E-state index in [0.717, 1.165) is 12.0 Å². The van der Waals surface area contributed by atoms with Gasteiger partial charge in [-0.3, -0.25) is 5.21 Å². The Balaban J connectivity index is 0.000000575. The fourth-order valence-electron chi connectivity index (χ4n) is 3.19. The first-order valence-electron chi connectivity index (χ1n) is 9.72. The summed E-state index contributed by atoms with van der Waals surface area (Å²) < 4.78 is 40.6. The molecule has 1 aromatic rings. The number of allylic oxidation sites excluding steroid dienone is 2. The first-order valence-corrected chi connectivity index (χ1v) is 10.1. The van der Waals surface area contributed by atoms with E-state index in [-0.39, 0.29) is 29.7 Å². The second kappa shape index (κ2) is 9.56. The fraction of sp³-hybridized carbons (Fsp3) is 0.500. The number of methoxy groups -OCH3 is 1. The van der Waals surface area contributed by atoms with Crippen LogP contribution >= 0.6 is 11.6 Å². The lowest BCUT2D eigenvalue weighted by atomic mass is 9.67. The number of amidine groups is 1. The van der Waals surface area contributed by atoms with Gasteiger partial charge in [0.05, 0.1) is 24.5 Å². The molecule has 0 fully saturated rings. The number of hydrogen-bond acceptors (Lipinski definition) is 5. The number of hydroxylamine groups is 2. The van der Waals surface area contributed by atoms with Crippen molar-refractivity contribution in [2.75, 3.05) is 13.7 Å². The molecule has 0 spiro atoms. The number of aliphatic imine (C=N–C) groups is 1. The predicted octanol–water partition coefficient (Wildman–Crippen LogP) is 5.89. The summed E-state index contributed by atoms with van der Waals surface area (Å²) in [4.78, 5) is 4.35. The molecule has 8 heteroatoms. The maximum absolute atomic E-state index is 15.1. The Morgan fingerprint density at radius 3 is 2.40 bits per heavy atom. The lowest BCUT2D eigenvalue weighted by Crippen LogP contribution is -2.54. The summed E-state index contributed by atoms with van der Waals surface area (Å²) in [6.07, 6.45) is 4.53. The molecule has 166 valence electrons. The summed E-state index contributed by atoms with van der Waals surface area (Å²) >= 11 is 6.09. The molecule has 5 nitrogen and oxygen atoms in total. The van der Waals surface area contributed by atoms with Gasteiger partial charge in [-0.25, -0.2) is 18.8 Å². The van der Waals surface area contributed by atoms with Crippen LogP contribution in [0.2, 0.25) is 5.02 Å². The van der Waals surface area contributed by atoms with E-state index in [1.165, 1.54) is 24.4 Å². The molecule has 0 unspecified atom stereocenters. The zero-order valence-electron chi connectivity index (χ0n) is 18.1. The summed E-state index contributed by atoms with van der Waals surface area (Å²) in [5.41, 5.74) is -1.01. The molecule has 2 aliphatic heterocycles. The van der Waals surface area contributed by atoms with Gasteiger partial charge in [-0.05, 0) is 57.5 Å². The average Bonchev–Trinajstić information content (AvgIpc) is 2.65. The van der Waals surface area contributed by atoms with Crippen LogP contribution in [0, 0.1) is 0 Å². The average molecular weight is 443 g/mol. The lowest BCUT2D eigenvalue weighted by Gasteiger charge is -2.45. The molecule has 0 saturated carbocycles. The molecule has 0 bridgehead atoms. The number of alkyl halides is 2. The molecule has 30 heavy (non-hydrogen) atoms. The van der Waals surface area contributed by atoms with Crippen molar-refractivity contribution in [3.05, 3.63) is 52.7 Å². The van der Waals surface area contributed by atoms with Gasteiger partial charge in [-0.2, -0.15) is 0 Å². The van der Waals surface area contributed by atoms with Crippen molar-refractivity contribution >= 4 is 23.1 Å². The number of rotatable bonds is 5. The SMILES string of the molecule is CC(C)OC[C@]1(C(C)(F)F)C2=CC=CN(O)C2=Nc2ccc(Cl)cc21.COC(C)C. The Kier molecular flexibility index (Phi) is 7.80. The highest BCUT2D eigenvalue weighted by atomic mass is 35.5. The van der Waals surface area contributed by atoms with E-state index in [1.54, 1.807) is 33.1 Å². The molecule has 1 atom stereocenters. The van der Waals surface area contributed by atoms with E-state index >= 15 is 8.78 Å². The first-order chi connectivity index (χ1) is 13.9. The Morgan fingerprint density at radius 2 is 1.87 bits per heavy atom. The summed E-state index contributed by atoms with van der Waals surface area (Å²) in [5, 5.41) is 11.2. The highest BCUT2D eigenvalue weighted by Crippen LogP contribution is 2.53. The zero-order valence-corrected chi connectivity index (χ0v) is 18.9.